The standard InChI is InChI=1S/C12H23NO2/c1-8(2)11-6-10(5)15-7-13(11)12(14)9(3)4/h8-11H,6-7H2,1-5H3. The first-order chi connectivity index (χ1) is 6.93. The van der Waals surface area contributed by atoms with Crippen molar-refractivity contribution in [3.8, 4) is 0 Å². The van der Waals surface area contributed by atoms with Crippen LogP contribution < -0.4 is 0 Å². The Labute approximate surface area is 92.8 Å². The van der Waals surface area contributed by atoms with E-state index in [0.29, 0.717) is 18.7 Å². The van der Waals surface area contributed by atoms with Gasteiger partial charge in [0, 0.05) is 12.0 Å². The summed E-state index contributed by atoms with van der Waals surface area (Å²) in [6.07, 6.45) is 1.23. The first-order valence-electron chi connectivity index (χ1n) is 5.85. The third-order valence-corrected chi connectivity index (χ3v) is 3.02. The average Bonchev–Trinajstić information content (AvgIpc) is 2.16. The summed E-state index contributed by atoms with van der Waals surface area (Å²) in [5.41, 5.74) is 0. The highest BCUT2D eigenvalue weighted by atomic mass is 16.5. The Kier molecular flexibility index (Phi) is 4.14. The van der Waals surface area contributed by atoms with Crippen LogP contribution in [0.3, 0.4) is 0 Å². The topological polar surface area (TPSA) is 29.5 Å². The van der Waals surface area contributed by atoms with Gasteiger partial charge < -0.3 is 9.64 Å². The maximum atomic E-state index is 12.0. The van der Waals surface area contributed by atoms with E-state index in [1.807, 2.05) is 18.7 Å². The summed E-state index contributed by atoms with van der Waals surface area (Å²) in [5.74, 6) is 0.767. The largest absolute Gasteiger partial charge is 0.358 e. The number of ether oxygens (including phenoxy) is 1. The molecule has 0 aromatic heterocycles. The van der Waals surface area contributed by atoms with Crippen molar-refractivity contribution in [2.75, 3.05) is 6.73 Å². The predicted octanol–water partition coefficient (Wildman–Crippen LogP) is 2.26. The maximum absolute atomic E-state index is 12.0. The lowest BCUT2D eigenvalue weighted by Crippen LogP contribution is -2.51. The number of nitrogens with zero attached hydrogens (tertiary/aromatic N) is 1. The predicted molar refractivity (Wildman–Crippen MR) is 60.3 cm³/mol. The molecule has 3 heteroatoms. The second-order valence-electron chi connectivity index (χ2n) is 5.12. The van der Waals surface area contributed by atoms with Gasteiger partial charge in [0.05, 0.1) is 6.10 Å². The van der Waals surface area contributed by atoms with Crippen molar-refractivity contribution in [3.05, 3.63) is 0 Å². The monoisotopic (exact) mass is 213 g/mol. The molecule has 2 unspecified atom stereocenters. The fourth-order valence-corrected chi connectivity index (χ4v) is 2.03. The molecule has 3 nitrogen and oxygen atoms in total. The van der Waals surface area contributed by atoms with Crippen LogP contribution in [0.1, 0.15) is 41.0 Å². The minimum Gasteiger partial charge on any atom is -0.358 e. The first-order valence-corrected chi connectivity index (χ1v) is 5.85. The minimum absolute atomic E-state index is 0.0586. The number of amides is 1. The third kappa shape index (κ3) is 2.94. The van der Waals surface area contributed by atoms with Crippen molar-refractivity contribution < 1.29 is 9.53 Å². The molecule has 0 aromatic carbocycles. The van der Waals surface area contributed by atoms with Crippen molar-refractivity contribution in [3.63, 3.8) is 0 Å². The number of hydrogen-bond donors (Lipinski definition) is 0. The molecule has 0 saturated carbocycles. The smallest absolute Gasteiger partial charge is 0.227 e. The van der Waals surface area contributed by atoms with Gasteiger partial charge in [-0.05, 0) is 19.3 Å². The Hall–Kier alpha value is -0.570. The molecule has 1 aliphatic heterocycles. The lowest BCUT2D eigenvalue weighted by atomic mass is 9.94. The normalized spacial score (nSPS) is 27.5. The molecule has 0 N–H and O–H groups in total. The van der Waals surface area contributed by atoms with E-state index < -0.39 is 0 Å². The van der Waals surface area contributed by atoms with Gasteiger partial charge in [0.25, 0.3) is 0 Å². The highest BCUT2D eigenvalue weighted by Gasteiger charge is 2.33. The van der Waals surface area contributed by atoms with Crippen molar-refractivity contribution >= 4 is 5.91 Å². The Morgan fingerprint density at radius 2 is 1.93 bits per heavy atom. The Bertz CT molecular complexity index is 226. The second kappa shape index (κ2) is 4.97. The van der Waals surface area contributed by atoms with Crippen molar-refractivity contribution in [1.29, 1.82) is 0 Å². The SMILES string of the molecule is CC1CC(C(C)C)N(C(=O)C(C)C)CO1. The summed E-state index contributed by atoms with van der Waals surface area (Å²) < 4.78 is 5.55. The highest BCUT2D eigenvalue weighted by Crippen LogP contribution is 2.24. The average molecular weight is 213 g/mol. The van der Waals surface area contributed by atoms with E-state index >= 15 is 0 Å². The fraction of sp³-hybridized carbons (Fsp3) is 0.917. The molecule has 1 rings (SSSR count). The van der Waals surface area contributed by atoms with Crippen LogP contribution in [-0.4, -0.2) is 29.7 Å². The van der Waals surface area contributed by atoms with E-state index in [9.17, 15) is 4.79 Å². The Morgan fingerprint density at radius 3 is 2.40 bits per heavy atom. The number of carbonyl (C=O) groups excluding carboxylic acids is 1. The summed E-state index contributed by atoms with van der Waals surface area (Å²) in [4.78, 5) is 13.9. The van der Waals surface area contributed by atoms with Crippen LogP contribution in [-0.2, 0) is 9.53 Å². The van der Waals surface area contributed by atoms with Gasteiger partial charge in [-0.15, -0.1) is 0 Å². The number of rotatable bonds is 2. The molecule has 1 amide bonds. The number of hydrogen-bond acceptors (Lipinski definition) is 2. The molecule has 1 saturated heterocycles. The van der Waals surface area contributed by atoms with E-state index in [0.717, 1.165) is 6.42 Å². The molecule has 15 heavy (non-hydrogen) atoms. The van der Waals surface area contributed by atoms with Gasteiger partial charge in [-0.2, -0.15) is 0 Å². The molecule has 1 fully saturated rings. The molecule has 0 spiro atoms. The van der Waals surface area contributed by atoms with E-state index in [2.05, 4.69) is 20.8 Å². The van der Waals surface area contributed by atoms with Gasteiger partial charge in [0.2, 0.25) is 5.91 Å². The van der Waals surface area contributed by atoms with Crippen molar-refractivity contribution in [2.45, 2.75) is 53.2 Å². The lowest BCUT2D eigenvalue weighted by molar-refractivity contribution is -0.158. The van der Waals surface area contributed by atoms with Crippen molar-refractivity contribution in [2.24, 2.45) is 11.8 Å². The summed E-state index contributed by atoms with van der Waals surface area (Å²) in [6.45, 7) is 10.8. The third-order valence-electron chi connectivity index (χ3n) is 3.02. The van der Waals surface area contributed by atoms with E-state index in [1.165, 1.54) is 0 Å². The van der Waals surface area contributed by atoms with Gasteiger partial charge >= 0.3 is 0 Å². The van der Waals surface area contributed by atoms with Crippen LogP contribution >= 0.6 is 0 Å². The van der Waals surface area contributed by atoms with E-state index in [4.69, 9.17) is 4.74 Å². The summed E-state index contributed by atoms with van der Waals surface area (Å²) in [7, 11) is 0. The molecule has 0 aliphatic carbocycles. The van der Waals surface area contributed by atoms with E-state index in [-0.39, 0.29) is 17.9 Å². The Morgan fingerprint density at radius 1 is 1.33 bits per heavy atom. The minimum atomic E-state index is 0.0586. The zero-order valence-corrected chi connectivity index (χ0v) is 10.5. The van der Waals surface area contributed by atoms with Gasteiger partial charge in [-0.1, -0.05) is 27.7 Å². The fourth-order valence-electron chi connectivity index (χ4n) is 2.03. The van der Waals surface area contributed by atoms with Crippen LogP contribution in [0.4, 0.5) is 0 Å². The van der Waals surface area contributed by atoms with Crippen LogP contribution in [0.2, 0.25) is 0 Å². The van der Waals surface area contributed by atoms with Crippen molar-refractivity contribution in [1.82, 2.24) is 4.90 Å². The molecular weight excluding hydrogens is 190 g/mol. The molecule has 1 heterocycles. The highest BCUT2D eigenvalue weighted by molar-refractivity contribution is 5.78. The van der Waals surface area contributed by atoms with Crippen LogP contribution in [0, 0.1) is 11.8 Å². The molecule has 0 bridgehead atoms. The van der Waals surface area contributed by atoms with Crippen LogP contribution in [0.25, 0.3) is 0 Å². The summed E-state index contributed by atoms with van der Waals surface area (Å²) in [5, 5.41) is 0. The van der Waals surface area contributed by atoms with Crippen LogP contribution in [0.15, 0.2) is 0 Å². The van der Waals surface area contributed by atoms with Gasteiger partial charge in [-0.3, -0.25) is 4.79 Å². The van der Waals surface area contributed by atoms with Gasteiger partial charge in [0.1, 0.15) is 6.73 Å². The zero-order valence-electron chi connectivity index (χ0n) is 10.5. The molecule has 0 aromatic rings. The molecule has 0 radical (unpaired) electrons. The quantitative estimate of drug-likeness (QED) is 0.704. The number of carbonyl (C=O) groups is 1. The summed E-state index contributed by atoms with van der Waals surface area (Å²) >= 11 is 0. The first kappa shape index (κ1) is 12.5. The zero-order chi connectivity index (χ0) is 11.6. The van der Waals surface area contributed by atoms with Gasteiger partial charge in [-0.25, -0.2) is 0 Å². The molecule has 2 atom stereocenters. The summed E-state index contributed by atoms with van der Waals surface area (Å²) in [6, 6.07) is 0.337. The lowest BCUT2D eigenvalue weighted by Gasteiger charge is -2.41. The van der Waals surface area contributed by atoms with Gasteiger partial charge in [0.15, 0.2) is 0 Å². The second-order valence-corrected chi connectivity index (χ2v) is 5.12. The molecular formula is C12H23NO2. The molecule has 1 aliphatic rings. The Balaban J connectivity index is 2.72. The molecule has 88 valence electrons. The van der Waals surface area contributed by atoms with E-state index in [1.54, 1.807) is 0 Å². The maximum Gasteiger partial charge on any atom is 0.227 e. The van der Waals surface area contributed by atoms with Crippen LogP contribution in [0.5, 0.6) is 0 Å².